The van der Waals surface area contributed by atoms with Crippen molar-refractivity contribution < 1.29 is 0 Å². The highest BCUT2D eigenvalue weighted by molar-refractivity contribution is 6.11. The Kier molecular flexibility index (Phi) is 22.0. The van der Waals surface area contributed by atoms with Crippen LogP contribution in [0, 0.1) is 0 Å². The topological polar surface area (TPSA) is 79.2 Å². The molecular weight excluding hydrogens is 1640 g/mol. The number of rotatable bonds is 16. The number of fused-ring (bicyclic) bond motifs is 9. The third-order valence-electron chi connectivity index (χ3n) is 25.6. The fourth-order valence-corrected chi connectivity index (χ4v) is 18.8. The fraction of sp³-hybridized carbons (Fsp3) is 0. The Morgan fingerprint density at radius 1 is 0.126 bits per heavy atom. The first-order valence-corrected chi connectivity index (χ1v) is 45.7. The molecule has 0 radical (unpaired) electrons. The van der Waals surface area contributed by atoms with Gasteiger partial charge in [0.05, 0.1) is 67.3 Å². The molecule has 0 N–H and O–H groups in total. The average Bonchev–Trinajstić information content (AvgIpc) is 1.61. The van der Waals surface area contributed by atoms with E-state index in [-0.39, 0.29) is 0 Å². The lowest BCUT2D eigenvalue weighted by Gasteiger charge is -2.13. The summed E-state index contributed by atoms with van der Waals surface area (Å²) >= 11 is 0. The van der Waals surface area contributed by atoms with E-state index in [1.54, 1.807) is 6.20 Å². The van der Waals surface area contributed by atoms with Crippen LogP contribution in [0.15, 0.2) is 522 Å². The van der Waals surface area contributed by atoms with Gasteiger partial charge in [0.1, 0.15) is 5.69 Å². The number of benzene rings is 18. The predicted octanol–water partition coefficient (Wildman–Crippen LogP) is 33.0. The van der Waals surface area contributed by atoms with Crippen LogP contribution in [-0.4, -0.2) is 38.6 Å². The van der Waals surface area contributed by atoms with Crippen molar-refractivity contribution in [2.24, 2.45) is 0 Å². The van der Waals surface area contributed by atoms with Crippen molar-refractivity contribution in [3.05, 3.63) is 522 Å². The summed E-state index contributed by atoms with van der Waals surface area (Å²) in [6.45, 7) is 0. The van der Waals surface area contributed by atoms with Gasteiger partial charge in [0.2, 0.25) is 0 Å². The Morgan fingerprint density at radius 3 is 0.563 bits per heavy atom. The number of hydrogen-bond acceptors (Lipinski definition) is 5. The zero-order valence-electron chi connectivity index (χ0n) is 73.7. The van der Waals surface area contributed by atoms with Crippen molar-refractivity contribution in [2.45, 2.75) is 0 Å². The van der Waals surface area contributed by atoms with Gasteiger partial charge in [-0.05, 0) is 182 Å². The fourth-order valence-electron chi connectivity index (χ4n) is 18.8. The normalized spacial score (nSPS) is 11.3. The second-order valence-corrected chi connectivity index (χ2v) is 33.8. The molecule has 18 aromatic carbocycles. The van der Waals surface area contributed by atoms with E-state index in [0.29, 0.717) is 5.82 Å². The molecule has 25 aromatic rings. The third kappa shape index (κ3) is 16.5. The van der Waals surface area contributed by atoms with Gasteiger partial charge in [-0.25, -0.2) is 19.9 Å². The molecule has 8 nitrogen and oxygen atoms in total. The molecular formula is C127H86N8. The molecule has 0 unspecified atom stereocenters. The highest BCUT2D eigenvalue weighted by Gasteiger charge is 2.21. The van der Waals surface area contributed by atoms with Crippen molar-refractivity contribution in [2.75, 3.05) is 0 Å². The molecule has 0 amide bonds. The van der Waals surface area contributed by atoms with Crippen LogP contribution in [0.3, 0.4) is 0 Å². The highest BCUT2D eigenvalue weighted by Crippen LogP contribution is 2.42. The van der Waals surface area contributed by atoms with Crippen LogP contribution in [0.25, 0.3) is 228 Å². The Labute approximate surface area is 783 Å². The second kappa shape index (κ2) is 36.4. The summed E-state index contributed by atoms with van der Waals surface area (Å²) in [5.41, 5.74) is 37.5. The van der Waals surface area contributed by atoms with Crippen molar-refractivity contribution in [3.8, 4) is 163 Å². The number of hydrogen-bond donors (Lipinski definition) is 0. The summed E-state index contributed by atoms with van der Waals surface area (Å²) in [5, 5.41) is 7.57. The van der Waals surface area contributed by atoms with Crippen molar-refractivity contribution in [1.29, 1.82) is 0 Å². The van der Waals surface area contributed by atoms with Gasteiger partial charge in [0.15, 0.2) is 5.82 Å². The second-order valence-electron chi connectivity index (χ2n) is 33.8. The predicted molar refractivity (Wildman–Crippen MR) is 562 cm³/mol. The van der Waals surface area contributed by atoms with Gasteiger partial charge in [-0.3, -0.25) is 4.98 Å². The summed E-state index contributed by atoms with van der Waals surface area (Å²) < 4.78 is 7.05. The molecule has 0 aliphatic carbocycles. The van der Waals surface area contributed by atoms with Crippen molar-refractivity contribution in [1.82, 2.24) is 38.6 Å². The molecule has 0 saturated carbocycles. The molecule has 0 spiro atoms. The van der Waals surface area contributed by atoms with E-state index in [4.69, 9.17) is 19.9 Å². The monoisotopic (exact) mass is 1720 g/mol. The Bertz CT molecular complexity index is 7960. The van der Waals surface area contributed by atoms with E-state index in [0.717, 1.165) is 113 Å². The molecule has 0 aliphatic heterocycles. The van der Waals surface area contributed by atoms with Gasteiger partial charge < -0.3 is 13.7 Å². The van der Waals surface area contributed by atoms with E-state index in [2.05, 4.69) is 498 Å². The third-order valence-corrected chi connectivity index (χ3v) is 25.6. The molecule has 135 heavy (non-hydrogen) atoms. The van der Waals surface area contributed by atoms with Gasteiger partial charge in [-0.1, -0.05) is 400 Å². The van der Waals surface area contributed by atoms with Crippen LogP contribution in [-0.2, 0) is 0 Å². The molecule has 0 saturated heterocycles. The van der Waals surface area contributed by atoms with Crippen LogP contribution in [0.1, 0.15) is 0 Å². The maximum absolute atomic E-state index is 5.23. The Balaban J connectivity index is 0.000000114. The van der Waals surface area contributed by atoms with E-state index in [1.807, 2.05) is 36.4 Å². The van der Waals surface area contributed by atoms with Crippen LogP contribution in [0.5, 0.6) is 0 Å². The summed E-state index contributed by atoms with van der Waals surface area (Å²) in [4.78, 5) is 24.8. The molecule has 25 rings (SSSR count). The van der Waals surface area contributed by atoms with E-state index >= 15 is 0 Å². The average molecular weight is 1720 g/mol. The Hall–Kier alpha value is -18.1. The minimum atomic E-state index is 0.603. The van der Waals surface area contributed by atoms with Crippen LogP contribution in [0.2, 0.25) is 0 Å². The SMILES string of the molecule is c1ccc(-c2ccc(-c3cc(-c4ccc(-n5c6ccccc6c6ccccc65)cc4)cc(-c4ccc(-c5ccccc5)cc4)n3)cc2)cc1.c1ccc(-c2ccc(-c3cc(-c4ccc(-n5c6ccccc6c6ccccc65)cc4)cc(-c4ccccc4)n3)cc2)cc1.c1ccc(-c2ccc(-c3cc(-c4ccc(-n5c6ccccc6c6ccccc65)cc4)nc(-c4ccccn4)n3)cc2)cc1. The van der Waals surface area contributed by atoms with Gasteiger partial charge >= 0.3 is 0 Å². The first-order valence-electron chi connectivity index (χ1n) is 45.7. The standard InChI is InChI=1S/C47H32N2.C41H28N2.C39H26N4/c1-3-11-33(12-4-1)35-19-23-38(24-20-35)44-31-40(32-45(48-44)39-25-21-36(22-26-39)34-13-5-2-6-14-34)37-27-29-41(30-28-37)49-46-17-9-7-15-42(46)43-16-8-10-18-47(43)49;1-3-11-29(12-4-1)30-19-21-33(22-20-30)39-28-34(27-38(42-39)32-13-5-2-6-14-32)31-23-25-35(26-24-31)43-40-17-9-7-15-36(40)37-16-8-10-18-41(37)43;1-2-10-27(11-3-1)28-17-19-29(20-18-28)35-26-36(42-39(41-35)34-14-8-9-25-40-34)30-21-23-31(24-22-30)43-37-15-6-4-12-32(37)33-13-5-7-16-38(33)43/h1-32H;1-28H;1-26H. The van der Waals surface area contributed by atoms with Crippen LogP contribution >= 0.6 is 0 Å². The van der Waals surface area contributed by atoms with E-state index in [1.165, 1.54) is 110 Å². The summed E-state index contributed by atoms with van der Waals surface area (Å²) in [6.07, 6.45) is 1.78. The maximum atomic E-state index is 5.23. The number of pyridine rings is 3. The lowest BCUT2D eigenvalue weighted by atomic mass is 9.97. The number of para-hydroxylation sites is 6. The zero-order chi connectivity index (χ0) is 89.8. The molecule has 8 heteroatoms. The molecule has 7 heterocycles. The quantitative estimate of drug-likeness (QED) is 0.0963. The lowest BCUT2D eigenvalue weighted by Crippen LogP contribution is -1.98. The van der Waals surface area contributed by atoms with Crippen molar-refractivity contribution >= 4 is 65.4 Å². The van der Waals surface area contributed by atoms with Gasteiger partial charge in [-0.15, -0.1) is 0 Å². The van der Waals surface area contributed by atoms with Crippen LogP contribution in [0.4, 0.5) is 0 Å². The number of aromatic nitrogens is 8. The smallest absolute Gasteiger partial charge is 0.179 e. The lowest BCUT2D eigenvalue weighted by molar-refractivity contribution is 1.14. The van der Waals surface area contributed by atoms with Crippen LogP contribution < -0.4 is 0 Å². The van der Waals surface area contributed by atoms with Gasteiger partial charge in [0.25, 0.3) is 0 Å². The maximum Gasteiger partial charge on any atom is 0.179 e. The zero-order valence-corrected chi connectivity index (χ0v) is 73.7. The number of nitrogens with zero attached hydrogens (tertiary/aromatic N) is 8. The molecule has 0 aliphatic rings. The highest BCUT2D eigenvalue weighted by atomic mass is 15.0. The minimum absolute atomic E-state index is 0.603. The van der Waals surface area contributed by atoms with Crippen molar-refractivity contribution in [3.63, 3.8) is 0 Å². The van der Waals surface area contributed by atoms with E-state index < -0.39 is 0 Å². The van der Waals surface area contributed by atoms with Gasteiger partial charge in [0, 0.05) is 89.0 Å². The Morgan fingerprint density at radius 2 is 0.311 bits per heavy atom. The van der Waals surface area contributed by atoms with E-state index in [9.17, 15) is 0 Å². The minimum Gasteiger partial charge on any atom is -0.309 e. The molecule has 0 bridgehead atoms. The molecule has 7 aromatic heterocycles. The first kappa shape index (κ1) is 81.4. The largest absolute Gasteiger partial charge is 0.309 e. The molecule has 634 valence electrons. The summed E-state index contributed by atoms with van der Waals surface area (Å²) in [7, 11) is 0. The first-order chi connectivity index (χ1) is 66.9. The molecule has 0 atom stereocenters. The summed E-state index contributed by atoms with van der Waals surface area (Å²) in [5.74, 6) is 0.603. The molecule has 0 fully saturated rings. The van der Waals surface area contributed by atoms with Gasteiger partial charge in [-0.2, -0.15) is 0 Å². The summed E-state index contributed by atoms with van der Waals surface area (Å²) in [6, 6.07) is 182.